The van der Waals surface area contributed by atoms with Crippen molar-refractivity contribution in [1.29, 1.82) is 0 Å². The molecule has 2 N–H and O–H groups in total. The molecule has 1 fully saturated rings. The predicted octanol–water partition coefficient (Wildman–Crippen LogP) is 5.31. The number of hydrogen-bond acceptors (Lipinski definition) is 7. The fourth-order valence-corrected chi connectivity index (χ4v) is 7.33. The number of nitrogens with one attached hydrogen (secondary N) is 1. The fraction of sp³-hybridized carbons (Fsp3) is 0.324. The molecule has 11 nitrogen and oxygen atoms in total. The first kappa shape index (κ1) is 32.5. The highest BCUT2D eigenvalue weighted by Gasteiger charge is 2.39. The van der Waals surface area contributed by atoms with Crippen molar-refractivity contribution in [2.24, 2.45) is 14.1 Å². The molecule has 3 heterocycles. The Morgan fingerprint density at radius 1 is 1.00 bits per heavy atom. The van der Waals surface area contributed by atoms with Crippen molar-refractivity contribution < 1.29 is 19.4 Å². The number of amides is 1. The van der Waals surface area contributed by atoms with Gasteiger partial charge in [0.25, 0.3) is 11.5 Å². The first-order valence-electron chi connectivity index (χ1n) is 15.2. The van der Waals surface area contributed by atoms with E-state index >= 15 is 0 Å². The summed E-state index contributed by atoms with van der Waals surface area (Å²) in [4.78, 5) is 56.8. The van der Waals surface area contributed by atoms with Crippen molar-refractivity contribution in [3.63, 3.8) is 0 Å². The van der Waals surface area contributed by atoms with Gasteiger partial charge in [-0.25, -0.2) is 9.78 Å². The van der Waals surface area contributed by atoms with E-state index < -0.39 is 29.2 Å². The number of fused-ring (bicyclic) bond motifs is 1. The van der Waals surface area contributed by atoms with Crippen molar-refractivity contribution in [3.8, 4) is 28.3 Å². The number of likely N-dealkylation sites (tertiary alicyclic amines) is 1. The molecule has 2 aromatic heterocycles. The minimum absolute atomic E-state index is 0.0950. The summed E-state index contributed by atoms with van der Waals surface area (Å²) in [6.45, 7) is 0.710. The Balaban J connectivity index is 1.34. The Hall–Kier alpha value is -4.45. The molecule has 2 atom stereocenters. The molecular weight excluding hydrogens is 645 g/mol. The van der Waals surface area contributed by atoms with E-state index in [1.54, 1.807) is 25.3 Å². The van der Waals surface area contributed by atoms with Gasteiger partial charge in [0, 0.05) is 48.6 Å². The first-order valence-corrected chi connectivity index (χ1v) is 16.0. The number of rotatable bonds is 7. The van der Waals surface area contributed by atoms with Crippen LogP contribution < -0.4 is 21.3 Å². The number of piperidine rings is 1. The van der Waals surface area contributed by atoms with Crippen LogP contribution in [0.5, 0.6) is 5.88 Å². The third kappa shape index (κ3) is 5.83. The predicted molar refractivity (Wildman–Crippen MR) is 180 cm³/mol. The highest BCUT2D eigenvalue weighted by molar-refractivity contribution is 6.39. The quantitative estimate of drug-likeness (QED) is 0.269. The van der Waals surface area contributed by atoms with Crippen LogP contribution in [0.4, 0.5) is 5.69 Å². The molecule has 1 aliphatic carbocycles. The van der Waals surface area contributed by atoms with E-state index in [9.17, 15) is 24.3 Å². The number of aryl methyl sites for hydroxylation is 2. The summed E-state index contributed by atoms with van der Waals surface area (Å²) in [6.07, 6.45) is 5.17. The highest BCUT2D eigenvalue weighted by atomic mass is 35.5. The van der Waals surface area contributed by atoms with Gasteiger partial charge in [-0.1, -0.05) is 60.0 Å². The van der Waals surface area contributed by atoms with Gasteiger partial charge in [-0.2, -0.15) is 0 Å². The number of carboxylic acid groups (broad SMARTS) is 1. The molecule has 2 aliphatic rings. The lowest BCUT2D eigenvalue weighted by Gasteiger charge is -2.38. The Bertz CT molecular complexity index is 2040. The van der Waals surface area contributed by atoms with Crippen molar-refractivity contribution in [3.05, 3.63) is 96.2 Å². The zero-order valence-corrected chi connectivity index (χ0v) is 27.6. The van der Waals surface area contributed by atoms with Gasteiger partial charge in [0.05, 0.1) is 28.5 Å². The second-order valence-electron chi connectivity index (χ2n) is 11.8. The molecule has 47 heavy (non-hydrogen) atoms. The Labute approximate surface area is 280 Å². The molecule has 0 bridgehead atoms. The lowest BCUT2D eigenvalue weighted by Crippen LogP contribution is -2.46. The second kappa shape index (κ2) is 13.0. The maximum absolute atomic E-state index is 13.1. The number of methoxy groups -OCH3 is 1. The third-order valence-electron chi connectivity index (χ3n) is 9.06. The highest BCUT2D eigenvalue weighted by Crippen LogP contribution is 2.46. The molecule has 0 unspecified atom stereocenters. The van der Waals surface area contributed by atoms with E-state index in [2.05, 4.69) is 10.2 Å². The van der Waals surface area contributed by atoms with Gasteiger partial charge in [-0.3, -0.25) is 23.9 Å². The van der Waals surface area contributed by atoms with Crippen molar-refractivity contribution in [2.75, 3.05) is 19.0 Å². The van der Waals surface area contributed by atoms with E-state index in [1.165, 1.54) is 20.3 Å². The maximum Gasteiger partial charge on any atom is 0.330 e. The van der Waals surface area contributed by atoms with Gasteiger partial charge >= 0.3 is 11.7 Å². The largest absolute Gasteiger partial charge is 0.481 e. The Morgan fingerprint density at radius 2 is 1.70 bits per heavy atom. The molecule has 0 spiro atoms. The Kier molecular flexibility index (Phi) is 8.97. The number of halogens is 2. The molecule has 244 valence electrons. The van der Waals surface area contributed by atoms with Gasteiger partial charge in [0.2, 0.25) is 5.88 Å². The molecule has 4 aromatic rings. The van der Waals surface area contributed by atoms with E-state index in [4.69, 9.17) is 32.9 Å². The molecule has 2 aromatic carbocycles. The van der Waals surface area contributed by atoms with Crippen LogP contribution in [0.3, 0.4) is 0 Å². The number of nitrogens with zero attached hydrogens (tertiary/aromatic N) is 4. The molecule has 13 heteroatoms. The summed E-state index contributed by atoms with van der Waals surface area (Å²) >= 11 is 13.9. The van der Waals surface area contributed by atoms with Crippen molar-refractivity contribution >= 4 is 40.8 Å². The summed E-state index contributed by atoms with van der Waals surface area (Å²) in [5.74, 6) is -1.07. The van der Waals surface area contributed by atoms with Crippen LogP contribution in [0.2, 0.25) is 10.0 Å². The molecule has 1 amide bonds. The lowest BCUT2D eigenvalue weighted by atomic mass is 9.96. The SMILES string of the molecule is COc1nc(-c2cccc(-c3cccc(NC(=O)c4cn(C)c(=O)n(C)c4=O)c3Cl)c2Cl)cc2c1[C@H](N1CCCC[C@@H]1C(=O)O)CC2. The number of ether oxygens (including phenoxy) is 1. The van der Waals surface area contributed by atoms with Crippen LogP contribution in [-0.2, 0) is 25.3 Å². The summed E-state index contributed by atoms with van der Waals surface area (Å²) in [6, 6.07) is 11.9. The van der Waals surface area contributed by atoms with Crippen LogP contribution in [0, 0.1) is 0 Å². The number of aromatic nitrogens is 3. The number of benzene rings is 2. The molecule has 6 rings (SSSR count). The number of anilines is 1. The topological polar surface area (TPSA) is 136 Å². The van der Waals surface area contributed by atoms with Gasteiger partial charge in [-0.15, -0.1) is 0 Å². The number of pyridine rings is 1. The monoisotopic (exact) mass is 677 g/mol. The van der Waals surface area contributed by atoms with E-state index in [0.717, 1.165) is 45.9 Å². The zero-order valence-electron chi connectivity index (χ0n) is 26.0. The summed E-state index contributed by atoms with van der Waals surface area (Å²) in [5, 5.41) is 13.2. The number of aliphatic carboxylic acids is 1. The minimum atomic E-state index is -0.802. The van der Waals surface area contributed by atoms with Crippen LogP contribution in [0.1, 0.15) is 53.2 Å². The van der Waals surface area contributed by atoms with Crippen LogP contribution >= 0.6 is 23.2 Å². The van der Waals surface area contributed by atoms with E-state index in [-0.39, 0.29) is 22.3 Å². The summed E-state index contributed by atoms with van der Waals surface area (Å²) < 4.78 is 7.81. The molecule has 1 aliphatic heterocycles. The zero-order chi connectivity index (χ0) is 33.6. The maximum atomic E-state index is 13.1. The van der Waals surface area contributed by atoms with Crippen LogP contribution in [0.25, 0.3) is 22.4 Å². The number of carbonyl (C=O) groups excluding carboxylic acids is 1. The van der Waals surface area contributed by atoms with Crippen LogP contribution in [-0.4, -0.2) is 55.7 Å². The second-order valence-corrected chi connectivity index (χ2v) is 12.6. The Morgan fingerprint density at radius 3 is 2.43 bits per heavy atom. The normalized spacial score (nSPS) is 17.7. The first-order chi connectivity index (χ1) is 22.5. The van der Waals surface area contributed by atoms with Gasteiger partial charge in [-0.05, 0) is 49.9 Å². The van der Waals surface area contributed by atoms with Crippen molar-refractivity contribution in [1.82, 2.24) is 19.0 Å². The number of hydrogen-bond donors (Lipinski definition) is 2. The number of carbonyl (C=O) groups is 2. The molecule has 0 saturated carbocycles. The molecular formula is C34H33Cl2N5O6. The van der Waals surface area contributed by atoms with Crippen molar-refractivity contribution in [2.45, 2.75) is 44.2 Å². The van der Waals surface area contributed by atoms with Crippen LogP contribution in [0.15, 0.2) is 58.3 Å². The van der Waals surface area contributed by atoms with E-state index in [1.807, 2.05) is 24.3 Å². The molecule has 1 saturated heterocycles. The lowest BCUT2D eigenvalue weighted by molar-refractivity contribution is -0.146. The fourth-order valence-electron chi connectivity index (χ4n) is 6.73. The standard InChI is InChI=1S/C34H33Cl2N5O6/c1-39-17-22(32(43)40(2)34(39)46)30(42)37-23-11-7-9-20(29(23)36)19-8-6-10-21(28(19)35)24-16-18-13-14-25(27(18)31(38-24)47-3)41-15-5-4-12-26(41)33(44)45/h6-11,16-17,25-26H,4-5,12-15H2,1-3H3,(H,37,42)(H,44,45)/t25-,26-/m1/s1. The van der Waals surface area contributed by atoms with Gasteiger partial charge < -0.3 is 19.7 Å². The summed E-state index contributed by atoms with van der Waals surface area (Å²) in [7, 11) is 4.32. The van der Waals surface area contributed by atoms with Gasteiger partial charge in [0.1, 0.15) is 11.6 Å². The average molecular weight is 679 g/mol. The molecule has 0 radical (unpaired) electrons. The minimum Gasteiger partial charge on any atom is -0.481 e. The smallest absolute Gasteiger partial charge is 0.330 e. The van der Waals surface area contributed by atoms with Gasteiger partial charge in [0.15, 0.2) is 0 Å². The average Bonchev–Trinajstić information content (AvgIpc) is 3.50. The van der Waals surface area contributed by atoms with E-state index in [0.29, 0.717) is 46.3 Å². The third-order valence-corrected chi connectivity index (χ3v) is 9.87. The number of carboxylic acids is 1. The summed E-state index contributed by atoms with van der Waals surface area (Å²) in [5.41, 5.74) is 3.13.